The van der Waals surface area contributed by atoms with Gasteiger partial charge in [0.2, 0.25) is 5.91 Å². The third kappa shape index (κ3) is 3.31. The SMILES string of the molecule is Cc1ccc(F)c2c1NC(C(=O)Nc1cc(F)cc(N3C[C@@H]4CCN(C)[C@@H]4C3)c1)C2. The van der Waals surface area contributed by atoms with Gasteiger partial charge in [-0.25, -0.2) is 8.78 Å². The second-order valence-electron chi connectivity index (χ2n) is 8.81. The van der Waals surface area contributed by atoms with Gasteiger partial charge in [0.25, 0.3) is 0 Å². The summed E-state index contributed by atoms with van der Waals surface area (Å²) in [7, 11) is 2.14. The van der Waals surface area contributed by atoms with Gasteiger partial charge in [-0.2, -0.15) is 0 Å². The highest BCUT2D eigenvalue weighted by atomic mass is 19.1. The summed E-state index contributed by atoms with van der Waals surface area (Å²) in [6.07, 6.45) is 1.44. The third-order valence-electron chi connectivity index (χ3n) is 6.85. The number of halogens is 2. The summed E-state index contributed by atoms with van der Waals surface area (Å²) < 4.78 is 28.5. The molecule has 7 heteroatoms. The summed E-state index contributed by atoms with van der Waals surface area (Å²) in [5.74, 6) is -0.371. The van der Waals surface area contributed by atoms with E-state index in [1.54, 1.807) is 6.07 Å². The molecule has 2 aromatic carbocycles. The van der Waals surface area contributed by atoms with Crippen LogP contribution >= 0.6 is 0 Å². The summed E-state index contributed by atoms with van der Waals surface area (Å²) in [6, 6.07) is 7.74. The maximum absolute atomic E-state index is 14.3. The smallest absolute Gasteiger partial charge is 0.247 e. The lowest BCUT2D eigenvalue weighted by Gasteiger charge is -2.23. The number of nitrogens with one attached hydrogen (secondary N) is 2. The number of carbonyl (C=O) groups is 1. The molecular weight excluding hydrogens is 386 g/mol. The van der Waals surface area contributed by atoms with E-state index >= 15 is 0 Å². The van der Waals surface area contributed by atoms with E-state index in [1.165, 1.54) is 24.6 Å². The molecular formula is C23H26F2N4O. The number of nitrogens with zero attached hydrogens (tertiary/aromatic N) is 2. The molecule has 2 N–H and O–H groups in total. The van der Waals surface area contributed by atoms with Crippen molar-refractivity contribution in [1.29, 1.82) is 0 Å². The zero-order valence-corrected chi connectivity index (χ0v) is 17.2. The van der Waals surface area contributed by atoms with Crippen molar-refractivity contribution in [3.63, 3.8) is 0 Å². The topological polar surface area (TPSA) is 47.6 Å². The number of anilines is 3. The summed E-state index contributed by atoms with van der Waals surface area (Å²) >= 11 is 0. The Morgan fingerprint density at radius 1 is 1.20 bits per heavy atom. The number of rotatable bonds is 3. The van der Waals surface area contributed by atoms with Crippen LogP contribution in [0.4, 0.5) is 25.8 Å². The van der Waals surface area contributed by atoms with E-state index in [2.05, 4.69) is 27.5 Å². The highest BCUT2D eigenvalue weighted by molar-refractivity contribution is 5.98. The number of amides is 1. The molecule has 0 bridgehead atoms. The molecule has 3 aliphatic heterocycles. The maximum Gasteiger partial charge on any atom is 0.247 e. The van der Waals surface area contributed by atoms with Crippen molar-refractivity contribution < 1.29 is 13.6 Å². The quantitative estimate of drug-likeness (QED) is 0.812. The third-order valence-corrected chi connectivity index (χ3v) is 6.85. The minimum atomic E-state index is -0.581. The molecule has 3 heterocycles. The van der Waals surface area contributed by atoms with E-state index in [4.69, 9.17) is 0 Å². The Morgan fingerprint density at radius 3 is 2.80 bits per heavy atom. The van der Waals surface area contributed by atoms with Crippen LogP contribution in [-0.4, -0.2) is 49.6 Å². The van der Waals surface area contributed by atoms with Crippen LogP contribution in [0.5, 0.6) is 0 Å². The van der Waals surface area contributed by atoms with E-state index in [-0.39, 0.29) is 24.0 Å². The van der Waals surface area contributed by atoms with Gasteiger partial charge in [0.1, 0.15) is 17.7 Å². The van der Waals surface area contributed by atoms with Crippen LogP contribution in [-0.2, 0) is 11.2 Å². The van der Waals surface area contributed by atoms with Gasteiger partial charge in [-0.1, -0.05) is 6.07 Å². The lowest BCUT2D eigenvalue weighted by molar-refractivity contribution is -0.116. The van der Waals surface area contributed by atoms with Crippen LogP contribution in [0.1, 0.15) is 17.5 Å². The van der Waals surface area contributed by atoms with Gasteiger partial charge < -0.3 is 20.4 Å². The number of likely N-dealkylation sites (tertiary alicyclic amines) is 1. The first-order chi connectivity index (χ1) is 14.4. The van der Waals surface area contributed by atoms with Crippen LogP contribution in [0, 0.1) is 24.5 Å². The highest BCUT2D eigenvalue weighted by Crippen LogP contribution is 2.35. The van der Waals surface area contributed by atoms with E-state index in [0.717, 1.165) is 30.9 Å². The Balaban J connectivity index is 1.31. The van der Waals surface area contributed by atoms with Gasteiger partial charge >= 0.3 is 0 Å². The maximum atomic E-state index is 14.3. The van der Waals surface area contributed by atoms with Crippen molar-refractivity contribution in [1.82, 2.24) is 4.90 Å². The number of fused-ring (bicyclic) bond motifs is 2. The van der Waals surface area contributed by atoms with Gasteiger partial charge in [0.15, 0.2) is 0 Å². The molecule has 3 atom stereocenters. The van der Waals surface area contributed by atoms with Crippen molar-refractivity contribution >= 4 is 23.0 Å². The molecule has 2 saturated heterocycles. The molecule has 2 aromatic rings. The second kappa shape index (κ2) is 7.23. The molecule has 158 valence electrons. The van der Waals surface area contributed by atoms with Crippen molar-refractivity contribution in [3.05, 3.63) is 53.1 Å². The lowest BCUT2D eigenvalue weighted by Crippen LogP contribution is -2.33. The predicted molar refractivity (Wildman–Crippen MR) is 114 cm³/mol. The monoisotopic (exact) mass is 412 g/mol. The van der Waals surface area contributed by atoms with Crippen LogP contribution in [0.3, 0.4) is 0 Å². The fourth-order valence-electron chi connectivity index (χ4n) is 5.17. The van der Waals surface area contributed by atoms with Crippen LogP contribution in [0.2, 0.25) is 0 Å². The molecule has 5 nitrogen and oxygen atoms in total. The zero-order valence-electron chi connectivity index (χ0n) is 17.2. The molecule has 1 unspecified atom stereocenters. The Bertz CT molecular complexity index is 980. The van der Waals surface area contributed by atoms with Crippen molar-refractivity contribution in [3.8, 4) is 0 Å². The van der Waals surface area contributed by atoms with Crippen molar-refractivity contribution in [2.24, 2.45) is 5.92 Å². The van der Waals surface area contributed by atoms with E-state index in [9.17, 15) is 13.6 Å². The Hall–Kier alpha value is -2.67. The fourth-order valence-corrected chi connectivity index (χ4v) is 5.17. The van der Waals surface area contributed by atoms with Gasteiger partial charge in [-0.3, -0.25) is 4.79 Å². The molecule has 0 radical (unpaired) electrons. The molecule has 5 rings (SSSR count). The van der Waals surface area contributed by atoms with Crippen LogP contribution in [0.15, 0.2) is 30.3 Å². The molecule has 1 amide bonds. The number of benzene rings is 2. The molecule has 0 aromatic heterocycles. The fraction of sp³-hybridized carbons (Fsp3) is 0.435. The normalized spacial score (nSPS) is 25.2. The van der Waals surface area contributed by atoms with Crippen LogP contribution < -0.4 is 15.5 Å². The molecule has 2 fully saturated rings. The summed E-state index contributed by atoms with van der Waals surface area (Å²) in [5.41, 5.74) is 3.33. The standard InChI is InChI=1S/C23H26F2N4O/c1-13-3-4-19(25)18-10-20(27-22(13)18)23(30)26-16-7-15(24)8-17(9-16)29-11-14-5-6-28(2)21(14)12-29/h3-4,7-9,14,20-21,27H,5-6,10-12H2,1-2H3,(H,26,30)/t14-,20?,21+/m0/s1. The average Bonchev–Trinajstić information content (AvgIpc) is 3.41. The van der Waals surface area contributed by atoms with E-state index in [1.807, 2.05) is 13.0 Å². The summed E-state index contributed by atoms with van der Waals surface area (Å²) in [5, 5.41) is 5.94. The van der Waals surface area contributed by atoms with Gasteiger partial charge in [-0.15, -0.1) is 0 Å². The Kier molecular flexibility index (Phi) is 4.65. The second-order valence-corrected chi connectivity index (χ2v) is 8.81. The Morgan fingerprint density at radius 2 is 2.03 bits per heavy atom. The summed E-state index contributed by atoms with van der Waals surface area (Å²) in [4.78, 5) is 17.4. The first kappa shape index (κ1) is 19.3. The van der Waals surface area contributed by atoms with Gasteiger partial charge in [0.05, 0.1) is 0 Å². The van der Waals surface area contributed by atoms with Gasteiger partial charge in [-0.05, 0) is 62.7 Å². The van der Waals surface area contributed by atoms with Crippen molar-refractivity contribution in [2.75, 3.05) is 42.2 Å². The molecule has 0 saturated carbocycles. The summed E-state index contributed by atoms with van der Waals surface area (Å²) in [6.45, 7) is 4.78. The molecule has 0 spiro atoms. The number of aryl methyl sites for hydroxylation is 1. The largest absolute Gasteiger partial charge is 0.373 e. The average molecular weight is 412 g/mol. The number of hydrogen-bond donors (Lipinski definition) is 2. The minimum absolute atomic E-state index is 0.276. The van der Waals surface area contributed by atoms with E-state index in [0.29, 0.717) is 28.9 Å². The predicted octanol–water partition coefficient (Wildman–Crippen LogP) is 3.39. The zero-order chi connectivity index (χ0) is 21.0. The van der Waals surface area contributed by atoms with Crippen LogP contribution in [0.25, 0.3) is 0 Å². The van der Waals surface area contributed by atoms with Gasteiger partial charge in [0, 0.05) is 48.2 Å². The number of hydrogen-bond acceptors (Lipinski definition) is 4. The van der Waals surface area contributed by atoms with Crippen molar-refractivity contribution in [2.45, 2.75) is 31.8 Å². The Labute approximate surface area is 175 Å². The highest BCUT2D eigenvalue weighted by Gasteiger charge is 2.39. The first-order valence-corrected chi connectivity index (χ1v) is 10.5. The number of carbonyl (C=O) groups excluding carboxylic acids is 1. The molecule has 30 heavy (non-hydrogen) atoms. The molecule has 3 aliphatic rings. The number of likely N-dealkylation sites (N-methyl/N-ethyl adjacent to an activating group) is 1. The van der Waals surface area contributed by atoms with E-state index < -0.39 is 6.04 Å². The minimum Gasteiger partial charge on any atom is -0.373 e. The first-order valence-electron chi connectivity index (χ1n) is 10.5. The molecule has 0 aliphatic carbocycles. The lowest BCUT2D eigenvalue weighted by atomic mass is 10.1.